The number of unbranched alkanes of at least 4 members (excludes halogenated alkanes) is 2. The van der Waals surface area contributed by atoms with Gasteiger partial charge in [-0.15, -0.1) is 0 Å². The van der Waals surface area contributed by atoms with Crippen LogP contribution >= 0.6 is 0 Å². The van der Waals surface area contributed by atoms with Crippen LogP contribution < -0.4 is 0 Å². The molecule has 1 aromatic carbocycles. The van der Waals surface area contributed by atoms with Gasteiger partial charge < -0.3 is 5.11 Å². The number of rotatable bonds is 5. The first-order valence-corrected chi connectivity index (χ1v) is 6.91. The van der Waals surface area contributed by atoms with Crippen molar-refractivity contribution in [2.75, 3.05) is 13.2 Å². The van der Waals surface area contributed by atoms with E-state index >= 15 is 0 Å². The molecular weight excluding hydrogens is 449 g/mol. The van der Waals surface area contributed by atoms with Crippen LogP contribution in [0.1, 0.15) is 45.6 Å². The summed E-state index contributed by atoms with van der Waals surface area (Å²) in [6, 6.07) is 8.71. The van der Waals surface area contributed by atoms with Gasteiger partial charge in [-0.1, -0.05) is 18.2 Å². The molecule has 0 spiro atoms. The van der Waals surface area contributed by atoms with Gasteiger partial charge in [0.2, 0.25) is 5.69 Å². The summed E-state index contributed by atoms with van der Waals surface area (Å²) in [7, 11) is 0. The number of aliphatic hydroxyl groups is 1. The normalized spacial score (nSPS) is 16.2. The molecule has 0 aromatic heterocycles. The molecule has 19 heavy (non-hydrogen) atoms. The van der Waals surface area contributed by atoms with Gasteiger partial charge in [-0.3, -0.25) is 0 Å². The maximum atomic E-state index is 8.83. The number of nitrogens with zero attached hydrogens (tertiary/aromatic N) is 1. The number of hydrogen-bond acceptors (Lipinski definition) is 1. The smallest absolute Gasteiger partial charge is 0.209 e. The summed E-state index contributed by atoms with van der Waals surface area (Å²) < 4.78 is 2.45. The summed E-state index contributed by atoms with van der Waals surface area (Å²) in [5.41, 5.74) is 4.38. The third kappa shape index (κ3) is 3.49. The van der Waals surface area contributed by atoms with E-state index in [0.717, 1.165) is 25.8 Å². The van der Waals surface area contributed by atoms with E-state index < -0.39 is 0 Å². The Morgan fingerprint density at radius 2 is 1.79 bits per heavy atom. The van der Waals surface area contributed by atoms with Crippen molar-refractivity contribution in [3.05, 3.63) is 29.8 Å². The zero-order valence-electron chi connectivity index (χ0n) is 12.3. The van der Waals surface area contributed by atoms with Crippen LogP contribution in [-0.4, -0.2) is 28.5 Å². The van der Waals surface area contributed by atoms with Crippen LogP contribution in [0.15, 0.2) is 24.3 Å². The van der Waals surface area contributed by atoms with Crippen molar-refractivity contribution in [2.45, 2.75) is 45.4 Å². The van der Waals surface area contributed by atoms with Crippen LogP contribution in [0, 0.1) is 44.1 Å². The third-order valence-corrected chi connectivity index (χ3v) is 4.22. The van der Waals surface area contributed by atoms with E-state index in [9.17, 15) is 0 Å². The van der Waals surface area contributed by atoms with Crippen LogP contribution in [0.4, 0.5) is 5.69 Å². The monoisotopic (exact) mass is 473 g/mol. The molecule has 2 rings (SSSR count). The van der Waals surface area contributed by atoms with Gasteiger partial charge in [0.1, 0.15) is 6.54 Å². The molecule has 0 atom stereocenters. The molecule has 1 N–H and O–H groups in total. The van der Waals surface area contributed by atoms with Crippen LogP contribution in [-0.2, 0) is 5.41 Å². The molecule has 3 heteroatoms. The quantitative estimate of drug-likeness (QED) is 0.515. The van der Waals surface area contributed by atoms with Crippen LogP contribution in [0.3, 0.4) is 0 Å². The molecule has 0 fully saturated rings. The van der Waals surface area contributed by atoms with Crippen molar-refractivity contribution >= 4 is 11.4 Å². The Morgan fingerprint density at radius 3 is 2.47 bits per heavy atom. The molecule has 1 aliphatic rings. The van der Waals surface area contributed by atoms with Gasteiger partial charge in [-0.25, -0.2) is 0 Å². The van der Waals surface area contributed by atoms with Gasteiger partial charge in [0.25, 0.3) is 0 Å². The summed E-state index contributed by atoms with van der Waals surface area (Å²) in [6.45, 7) is 8.22. The van der Waals surface area contributed by atoms with Gasteiger partial charge >= 0.3 is 0 Å². The Hall–Kier alpha value is 0.292. The van der Waals surface area contributed by atoms with E-state index in [0.29, 0.717) is 6.61 Å². The maximum Gasteiger partial charge on any atom is 0.209 e. The molecule has 0 bridgehead atoms. The summed E-state index contributed by atoms with van der Waals surface area (Å²) in [5, 5.41) is 8.83. The van der Waals surface area contributed by atoms with E-state index in [1.54, 1.807) is 0 Å². The van der Waals surface area contributed by atoms with Gasteiger partial charge in [0.05, 0.1) is 5.41 Å². The number of benzene rings is 1. The largest absolute Gasteiger partial charge is 0.396 e. The first-order valence-electron chi connectivity index (χ1n) is 6.91. The number of fused-ring (bicyclic) bond motifs is 1. The Kier molecular flexibility index (Phi) is 6.70. The standard InChI is InChI=1S/C16H24NO.Ac/c1-13-16(2,3)14-9-5-6-10-15(14)17(13)11-7-4-8-12-18;/h5-6,9-10,18H,4,7-8,11-12H2,1-3H3;/q+1;. The zero-order valence-corrected chi connectivity index (χ0v) is 17.1. The summed E-state index contributed by atoms with van der Waals surface area (Å²) in [4.78, 5) is 0. The minimum Gasteiger partial charge on any atom is -0.396 e. The first-order chi connectivity index (χ1) is 8.59. The van der Waals surface area contributed by atoms with Crippen LogP contribution in [0.25, 0.3) is 0 Å². The van der Waals surface area contributed by atoms with Gasteiger partial charge in [0, 0.05) is 75.6 Å². The average Bonchev–Trinajstić information content (AvgIpc) is 2.56. The molecule has 1 heterocycles. The Morgan fingerprint density at radius 1 is 1.11 bits per heavy atom. The van der Waals surface area contributed by atoms with Gasteiger partial charge in [-0.2, -0.15) is 4.58 Å². The summed E-state index contributed by atoms with van der Waals surface area (Å²) in [5.74, 6) is 0. The SMILES string of the molecule is CC1=[N+](CCCCCO)c2ccccc2C1(C)C.[Ac]. The Balaban J connectivity index is 0.00000180. The predicted molar refractivity (Wildman–Crippen MR) is 75.9 cm³/mol. The molecule has 0 saturated carbocycles. The fourth-order valence-corrected chi connectivity index (χ4v) is 2.80. The molecule has 0 amide bonds. The molecule has 1 radical (unpaired) electrons. The summed E-state index contributed by atoms with van der Waals surface area (Å²) >= 11 is 0. The van der Waals surface area contributed by atoms with Gasteiger partial charge in [0.15, 0.2) is 5.71 Å². The third-order valence-electron chi connectivity index (χ3n) is 4.22. The van der Waals surface area contributed by atoms with Crippen molar-refractivity contribution in [2.24, 2.45) is 0 Å². The van der Waals surface area contributed by atoms with Crippen molar-refractivity contribution in [1.82, 2.24) is 0 Å². The molecular formula is C16H24AcNO+. The minimum absolute atomic E-state index is 0. The topological polar surface area (TPSA) is 23.2 Å². The van der Waals surface area contributed by atoms with Crippen molar-refractivity contribution in [3.63, 3.8) is 0 Å². The number of hydrogen-bond donors (Lipinski definition) is 1. The zero-order chi connectivity index (χ0) is 13.2. The second kappa shape index (κ2) is 7.34. The second-order valence-corrected chi connectivity index (χ2v) is 5.66. The number of para-hydroxylation sites is 1. The molecule has 2 nitrogen and oxygen atoms in total. The Labute approximate surface area is 152 Å². The van der Waals surface area contributed by atoms with E-state index in [-0.39, 0.29) is 49.5 Å². The first kappa shape index (κ1) is 17.3. The molecule has 1 aliphatic heterocycles. The molecule has 1 aromatic rings. The van der Waals surface area contributed by atoms with Crippen LogP contribution in [0.5, 0.6) is 0 Å². The van der Waals surface area contributed by atoms with Crippen LogP contribution in [0.2, 0.25) is 0 Å². The fraction of sp³-hybridized carbons (Fsp3) is 0.562. The minimum atomic E-state index is 0. The molecule has 0 unspecified atom stereocenters. The molecule has 0 aliphatic carbocycles. The van der Waals surface area contributed by atoms with E-state index in [4.69, 9.17) is 5.11 Å². The van der Waals surface area contributed by atoms with Crippen molar-refractivity contribution < 1.29 is 53.7 Å². The van der Waals surface area contributed by atoms with E-state index in [1.165, 1.54) is 17.0 Å². The predicted octanol–water partition coefficient (Wildman–Crippen LogP) is 3.25. The van der Waals surface area contributed by atoms with E-state index in [1.807, 2.05) is 0 Å². The number of aliphatic hydroxyl groups excluding tert-OH is 1. The molecule has 0 saturated heterocycles. The molecule has 101 valence electrons. The van der Waals surface area contributed by atoms with Crippen molar-refractivity contribution in [1.29, 1.82) is 0 Å². The second-order valence-electron chi connectivity index (χ2n) is 5.66. The summed E-state index contributed by atoms with van der Waals surface area (Å²) in [6.07, 6.45) is 3.16. The maximum absolute atomic E-state index is 8.83. The Bertz CT molecular complexity index is 466. The van der Waals surface area contributed by atoms with Gasteiger partial charge in [-0.05, 0) is 26.7 Å². The average molecular weight is 473 g/mol. The van der Waals surface area contributed by atoms with E-state index in [2.05, 4.69) is 49.6 Å². The van der Waals surface area contributed by atoms with Crippen molar-refractivity contribution in [3.8, 4) is 0 Å². The fourth-order valence-electron chi connectivity index (χ4n) is 2.80.